The minimum atomic E-state index is 0.583. The number of nitrogens with one attached hydrogen (secondary N) is 1. The average Bonchev–Trinajstić information content (AvgIpc) is 2.40. The first kappa shape index (κ1) is 12.4. The maximum Gasteiger partial charge on any atom is 0.142 e. The quantitative estimate of drug-likeness (QED) is 0.905. The maximum atomic E-state index is 6.02. The lowest BCUT2D eigenvalue weighted by Crippen LogP contribution is -2.24. The van der Waals surface area contributed by atoms with Crippen molar-refractivity contribution >= 4 is 17.3 Å². The second-order valence-electron chi connectivity index (χ2n) is 4.83. The van der Waals surface area contributed by atoms with Crippen molar-refractivity contribution in [2.45, 2.75) is 12.3 Å². The third kappa shape index (κ3) is 2.41. The molecule has 2 nitrogen and oxygen atoms in total. The number of rotatable bonds is 4. The van der Waals surface area contributed by atoms with Crippen LogP contribution in [-0.2, 0) is 6.42 Å². The minimum absolute atomic E-state index is 0.583. The second kappa shape index (κ2) is 5.14. The summed E-state index contributed by atoms with van der Waals surface area (Å²) in [6.07, 6.45) is 1.14. The molecule has 0 bridgehead atoms. The fourth-order valence-electron chi connectivity index (χ4n) is 2.60. The molecule has 0 radical (unpaired) electrons. The Morgan fingerprint density at radius 1 is 1.26 bits per heavy atom. The molecule has 1 aliphatic rings. The van der Waals surface area contributed by atoms with Crippen LogP contribution in [0.15, 0.2) is 42.5 Å². The molecule has 1 N–H and O–H groups in total. The number of halogens is 1. The van der Waals surface area contributed by atoms with E-state index in [9.17, 15) is 0 Å². The highest BCUT2D eigenvalue weighted by Gasteiger charge is 2.25. The molecule has 0 aliphatic heterocycles. The highest BCUT2D eigenvalue weighted by atomic mass is 35.5. The van der Waals surface area contributed by atoms with Crippen LogP contribution in [0, 0.1) is 0 Å². The van der Waals surface area contributed by atoms with Crippen LogP contribution in [0.4, 0.5) is 5.69 Å². The molecule has 0 fully saturated rings. The summed E-state index contributed by atoms with van der Waals surface area (Å²) >= 11 is 6.02. The van der Waals surface area contributed by atoms with E-state index in [-0.39, 0.29) is 0 Å². The van der Waals surface area contributed by atoms with Gasteiger partial charge in [0.25, 0.3) is 0 Å². The summed E-state index contributed by atoms with van der Waals surface area (Å²) in [5, 5.41) is 4.16. The lowest BCUT2D eigenvalue weighted by atomic mass is 9.77. The molecule has 0 saturated carbocycles. The van der Waals surface area contributed by atoms with Crippen molar-refractivity contribution in [1.29, 1.82) is 0 Å². The van der Waals surface area contributed by atoms with Gasteiger partial charge in [-0.2, -0.15) is 0 Å². The average molecular weight is 274 g/mol. The zero-order chi connectivity index (χ0) is 13.2. The van der Waals surface area contributed by atoms with Gasteiger partial charge in [0.05, 0.1) is 12.8 Å². The molecule has 2 aromatic carbocycles. The lowest BCUT2D eigenvalue weighted by molar-refractivity contribution is 0.416. The van der Waals surface area contributed by atoms with Gasteiger partial charge in [-0.3, -0.25) is 0 Å². The van der Waals surface area contributed by atoms with Crippen LogP contribution in [-0.4, -0.2) is 13.7 Å². The molecule has 0 amide bonds. The SMILES string of the molecule is COc1ccc(Cl)cc1NCC1Cc2ccccc21. The molecule has 1 atom stereocenters. The molecular formula is C16H16ClNO. The van der Waals surface area contributed by atoms with Gasteiger partial charge in [0, 0.05) is 17.5 Å². The molecule has 3 rings (SSSR count). The van der Waals surface area contributed by atoms with E-state index in [1.54, 1.807) is 7.11 Å². The van der Waals surface area contributed by atoms with Crippen LogP contribution in [0.3, 0.4) is 0 Å². The van der Waals surface area contributed by atoms with Crippen molar-refractivity contribution in [2.75, 3.05) is 19.0 Å². The van der Waals surface area contributed by atoms with Crippen LogP contribution in [0.5, 0.6) is 5.75 Å². The zero-order valence-corrected chi connectivity index (χ0v) is 11.6. The van der Waals surface area contributed by atoms with Gasteiger partial charge in [0.1, 0.15) is 5.75 Å². The van der Waals surface area contributed by atoms with Crippen LogP contribution in [0.2, 0.25) is 5.02 Å². The molecule has 0 aromatic heterocycles. The van der Waals surface area contributed by atoms with Gasteiger partial charge in [-0.25, -0.2) is 0 Å². The largest absolute Gasteiger partial charge is 0.495 e. The van der Waals surface area contributed by atoms with E-state index >= 15 is 0 Å². The third-order valence-electron chi connectivity index (χ3n) is 3.66. The highest BCUT2D eigenvalue weighted by molar-refractivity contribution is 6.30. The monoisotopic (exact) mass is 273 g/mol. The molecular weight excluding hydrogens is 258 g/mol. The standard InChI is InChI=1S/C16H16ClNO/c1-19-16-7-6-13(17)9-15(16)18-10-12-8-11-4-2-3-5-14(11)12/h2-7,9,12,18H,8,10H2,1H3. The van der Waals surface area contributed by atoms with E-state index in [1.807, 2.05) is 18.2 Å². The molecule has 19 heavy (non-hydrogen) atoms. The molecule has 0 spiro atoms. The first-order valence-corrected chi connectivity index (χ1v) is 6.81. The summed E-state index contributed by atoms with van der Waals surface area (Å²) in [7, 11) is 1.67. The number of hydrogen-bond acceptors (Lipinski definition) is 2. The number of anilines is 1. The summed E-state index contributed by atoms with van der Waals surface area (Å²) in [5.74, 6) is 1.41. The van der Waals surface area contributed by atoms with Gasteiger partial charge in [-0.15, -0.1) is 0 Å². The van der Waals surface area contributed by atoms with Gasteiger partial charge >= 0.3 is 0 Å². The Morgan fingerprint density at radius 2 is 2.11 bits per heavy atom. The fraction of sp³-hybridized carbons (Fsp3) is 0.250. The second-order valence-corrected chi connectivity index (χ2v) is 5.26. The van der Waals surface area contributed by atoms with Gasteiger partial charge in [-0.05, 0) is 35.7 Å². The van der Waals surface area contributed by atoms with Gasteiger partial charge in [0.15, 0.2) is 0 Å². The molecule has 3 heteroatoms. The van der Waals surface area contributed by atoms with E-state index in [0.29, 0.717) is 5.92 Å². The fourth-order valence-corrected chi connectivity index (χ4v) is 2.77. The van der Waals surface area contributed by atoms with E-state index in [2.05, 4.69) is 29.6 Å². The molecule has 0 heterocycles. The number of hydrogen-bond donors (Lipinski definition) is 1. The molecule has 98 valence electrons. The Bertz CT molecular complexity index is 597. The number of benzene rings is 2. The highest BCUT2D eigenvalue weighted by Crippen LogP contribution is 2.36. The Kier molecular flexibility index (Phi) is 3.34. The zero-order valence-electron chi connectivity index (χ0n) is 10.8. The first-order chi connectivity index (χ1) is 9.28. The third-order valence-corrected chi connectivity index (χ3v) is 3.90. The van der Waals surface area contributed by atoms with E-state index in [0.717, 1.165) is 29.4 Å². The van der Waals surface area contributed by atoms with E-state index in [1.165, 1.54) is 11.1 Å². The van der Waals surface area contributed by atoms with Crippen molar-refractivity contribution in [3.05, 3.63) is 58.6 Å². The molecule has 2 aromatic rings. The van der Waals surface area contributed by atoms with Crippen molar-refractivity contribution in [3.63, 3.8) is 0 Å². The summed E-state index contributed by atoms with van der Waals surface area (Å²) in [4.78, 5) is 0. The summed E-state index contributed by atoms with van der Waals surface area (Å²) in [6.45, 7) is 0.910. The van der Waals surface area contributed by atoms with Gasteiger partial charge < -0.3 is 10.1 Å². The summed E-state index contributed by atoms with van der Waals surface area (Å²) in [5.41, 5.74) is 3.88. The Hall–Kier alpha value is -1.67. The van der Waals surface area contributed by atoms with Gasteiger partial charge in [-0.1, -0.05) is 35.9 Å². The Morgan fingerprint density at radius 3 is 2.89 bits per heavy atom. The molecule has 1 unspecified atom stereocenters. The summed E-state index contributed by atoms with van der Waals surface area (Å²) < 4.78 is 5.33. The van der Waals surface area contributed by atoms with Crippen molar-refractivity contribution < 1.29 is 4.74 Å². The topological polar surface area (TPSA) is 21.3 Å². The van der Waals surface area contributed by atoms with Crippen LogP contribution >= 0.6 is 11.6 Å². The summed E-state index contributed by atoms with van der Waals surface area (Å²) in [6, 6.07) is 14.2. The number of ether oxygens (including phenoxy) is 1. The minimum Gasteiger partial charge on any atom is -0.495 e. The molecule has 1 aliphatic carbocycles. The van der Waals surface area contributed by atoms with Crippen molar-refractivity contribution in [2.24, 2.45) is 0 Å². The van der Waals surface area contributed by atoms with E-state index in [4.69, 9.17) is 16.3 Å². The normalized spacial score (nSPS) is 16.4. The maximum absolute atomic E-state index is 6.02. The first-order valence-electron chi connectivity index (χ1n) is 6.43. The van der Waals surface area contributed by atoms with Crippen LogP contribution in [0.1, 0.15) is 17.0 Å². The molecule has 0 saturated heterocycles. The van der Waals surface area contributed by atoms with Crippen molar-refractivity contribution in [3.8, 4) is 5.75 Å². The predicted octanol–water partition coefficient (Wildman–Crippen LogP) is 4.10. The lowest BCUT2D eigenvalue weighted by Gasteiger charge is -2.30. The number of fused-ring (bicyclic) bond motifs is 1. The van der Waals surface area contributed by atoms with Gasteiger partial charge in [0.2, 0.25) is 0 Å². The van der Waals surface area contributed by atoms with Crippen molar-refractivity contribution in [1.82, 2.24) is 0 Å². The smallest absolute Gasteiger partial charge is 0.142 e. The number of methoxy groups -OCH3 is 1. The Labute approximate surface area is 118 Å². The van der Waals surface area contributed by atoms with Crippen LogP contribution in [0.25, 0.3) is 0 Å². The Balaban J connectivity index is 1.70. The predicted molar refractivity (Wildman–Crippen MR) is 79.4 cm³/mol. The van der Waals surface area contributed by atoms with E-state index < -0.39 is 0 Å². The van der Waals surface area contributed by atoms with Crippen LogP contribution < -0.4 is 10.1 Å².